The zero-order chi connectivity index (χ0) is 17.7. The monoisotopic (exact) mass is 335 g/mol. The lowest BCUT2D eigenvalue weighted by molar-refractivity contribution is -0.135. The summed E-state index contributed by atoms with van der Waals surface area (Å²) in [7, 11) is 0. The maximum absolute atomic E-state index is 12.3. The third-order valence-corrected chi connectivity index (χ3v) is 3.78. The lowest BCUT2D eigenvalue weighted by Crippen LogP contribution is -2.54. The standard InChI is InChI=1S/C16H25N5O3/c1-5-24-14-10-11(2)17-16(19-14)21-8-6-20(7-9-21)15(23)12(3)18-13(4)22/h10,12H,5-9H2,1-4H3,(H,18,22). The first-order valence-corrected chi connectivity index (χ1v) is 8.20. The first-order valence-electron chi connectivity index (χ1n) is 8.20. The molecule has 132 valence electrons. The summed E-state index contributed by atoms with van der Waals surface area (Å²) >= 11 is 0. The lowest BCUT2D eigenvalue weighted by atomic mass is 10.2. The fourth-order valence-corrected chi connectivity index (χ4v) is 2.66. The van der Waals surface area contributed by atoms with Crippen LogP contribution >= 0.6 is 0 Å². The third-order valence-electron chi connectivity index (χ3n) is 3.78. The van der Waals surface area contributed by atoms with Gasteiger partial charge in [0.1, 0.15) is 6.04 Å². The van der Waals surface area contributed by atoms with Crippen molar-refractivity contribution in [2.24, 2.45) is 0 Å². The number of piperazine rings is 1. The van der Waals surface area contributed by atoms with Crippen LogP contribution in [0, 0.1) is 6.92 Å². The van der Waals surface area contributed by atoms with Gasteiger partial charge in [0.05, 0.1) is 6.61 Å². The largest absolute Gasteiger partial charge is 0.478 e. The Balaban J connectivity index is 1.97. The van der Waals surface area contributed by atoms with E-state index in [9.17, 15) is 9.59 Å². The first-order chi connectivity index (χ1) is 11.4. The average Bonchev–Trinajstić information content (AvgIpc) is 2.53. The van der Waals surface area contributed by atoms with Gasteiger partial charge >= 0.3 is 0 Å². The van der Waals surface area contributed by atoms with E-state index in [4.69, 9.17) is 4.74 Å². The minimum absolute atomic E-state index is 0.0648. The number of ether oxygens (including phenoxy) is 1. The number of aryl methyl sites for hydroxylation is 1. The van der Waals surface area contributed by atoms with Crippen LogP contribution in [-0.2, 0) is 9.59 Å². The second-order valence-corrected chi connectivity index (χ2v) is 5.82. The van der Waals surface area contributed by atoms with Crippen LogP contribution in [0.5, 0.6) is 5.88 Å². The van der Waals surface area contributed by atoms with Crippen LogP contribution < -0.4 is 15.0 Å². The van der Waals surface area contributed by atoms with Crippen LogP contribution in [0.25, 0.3) is 0 Å². The van der Waals surface area contributed by atoms with E-state index < -0.39 is 6.04 Å². The summed E-state index contributed by atoms with van der Waals surface area (Å²) in [6.07, 6.45) is 0. The zero-order valence-corrected chi connectivity index (χ0v) is 14.7. The Morgan fingerprint density at radius 1 is 1.29 bits per heavy atom. The Hall–Kier alpha value is -2.38. The van der Waals surface area contributed by atoms with E-state index >= 15 is 0 Å². The zero-order valence-electron chi connectivity index (χ0n) is 14.7. The van der Waals surface area contributed by atoms with Gasteiger partial charge in [-0.25, -0.2) is 4.98 Å². The highest BCUT2D eigenvalue weighted by molar-refractivity contribution is 5.86. The molecule has 8 heteroatoms. The van der Waals surface area contributed by atoms with Crippen molar-refractivity contribution < 1.29 is 14.3 Å². The molecule has 0 radical (unpaired) electrons. The number of amides is 2. The van der Waals surface area contributed by atoms with Gasteiger partial charge < -0.3 is 19.9 Å². The Labute approximate surface area is 142 Å². The molecule has 8 nitrogen and oxygen atoms in total. The van der Waals surface area contributed by atoms with Crippen molar-refractivity contribution in [1.29, 1.82) is 0 Å². The van der Waals surface area contributed by atoms with E-state index in [1.165, 1.54) is 6.92 Å². The van der Waals surface area contributed by atoms with E-state index in [1.54, 1.807) is 11.8 Å². The number of carbonyl (C=O) groups excluding carboxylic acids is 2. The molecule has 0 aromatic carbocycles. The maximum atomic E-state index is 12.3. The number of hydrogen-bond donors (Lipinski definition) is 1. The highest BCUT2D eigenvalue weighted by atomic mass is 16.5. The first kappa shape index (κ1) is 18.0. The molecule has 24 heavy (non-hydrogen) atoms. The molecule has 1 aliphatic rings. The molecule has 1 atom stereocenters. The molecule has 2 heterocycles. The molecule has 0 saturated carbocycles. The molecule has 2 amide bonds. The normalized spacial score (nSPS) is 15.8. The molecule has 1 N–H and O–H groups in total. The molecule has 0 bridgehead atoms. The van der Waals surface area contributed by atoms with Crippen molar-refractivity contribution in [3.63, 3.8) is 0 Å². The van der Waals surface area contributed by atoms with Crippen LogP contribution in [0.1, 0.15) is 26.5 Å². The molecule has 1 fully saturated rings. The van der Waals surface area contributed by atoms with Crippen LogP contribution in [0.15, 0.2) is 6.07 Å². The van der Waals surface area contributed by atoms with Crippen LogP contribution in [-0.4, -0.2) is 65.5 Å². The van der Waals surface area contributed by atoms with Gasteiger partial charge in [-0.1, -0.05) is 0 Å². The van der Waals surface area contributed by atoms with E-state index in [0.717, 1.165) is 5.69 Å². The summed E-state index contributed by atoms with van der Waals surface area (Å²) in [5.41, 5.74) is 0.848. The van der Waals surface area contributed by atoms with Gasteiger partial charge in [-0.15, -0.1) is 0 Å². The highest BCUT2D eigenvalue weighted by Crippen LogP contribution is 2.17. The number of rotatable bonds is 5. The number of hydrogen-bond acceptors (Lipinski definition) is 6. The van der Waals surface area contributed by atoms with Gasteiger partial charge in [0.2, 0.25) is 23.6 Å². The molecule has 1 aromatic heterocycles. The highest BCUT2D eigenvalue weighted by Gasteiger charge is 2.26. The van der Waals surface area contributed by atoms with Crippen molar-refractivity contribution in [2.45, 2.75) is 33.7 Å². The van der Waals surface area contributed by atoms with Crippen molar-refractivity contribution in [2.75, 3.05) is 37.7 Å². The van der Waals surface area contributed by atoms with Crippen molar-refractivity contribution >= 4 is 17.8 Å². The Morgan fingerprint density at radius 3 is 2.54 bits per heavy atom. The fourth-order valence-electron chi connectivity index (χ4n) is 2.66. The van der Waals surface area contributed by atoms with Crippen molar-refractivity contribution in [3.8, 4) is 5.88 Å². The van der Waals surface area contributed by atoms with Gasteiger partial charge in [0.15, 0.2) is 0 Å². The molecular formula is C16H25N5O3. The van der Waals surface area contributed by atoms with Crippen LogP contribution in [0.4, 0.5) is 5.95 Å². The predicted molar refractivity (Wildman–Crippen MR) is 90.0 cm³/mol. The van der Waals surface area contributed by atoms with Crippen LogP contribution in [0.3, 0.4) is 0 Å². The van der Waals surface area contributed by atoms with Gasteiger partial charge in [0.25, 0.3) is 0 Å². The average molecular weight is 335 g/mol. The number of aromatic nitrogens is 2. The topological polar surface area (TPSA) is 87.7 Å². The summed E-state index contributed by atoms with van der Waals surface area (Å²) in [6, 6.07) is 1.30. The minimum Gasteiger partial charge on any atom is -0.478 e. The third kappa shape index (κ3) is 4.56. The predicted octanol–water partition coefficient (Wildman–Crippen LogP) is 0.357. The number of carbonyl (C=O) groups is 2. The maximum Gasteiger partial charge on any atom is 0.244 e. The van der Waals surface area contributed by atoms with E-state index in [1.807, 2.05) is 24.8 Å². The molecule has 1 aromatic rings. The van der Waals surface area contributed by atoms with Gasteiger partial charge in [-0.3, -0.25) is 9.59 Å². The summed E-state index contributed by atoms with van der Waals surface area (Å²) in [6.45, 7) is 9.93. The Kier molecular flexibility index (Phi) is 5.94. The minimum atomic E-state index is -0.506. The molecule has 1 unspecified atom stereocenters. The quantitative estimate of drug-likeness (QED) is 0.836. The van der Waals surface area contributed by atoms with Gasteiger partial charge in [-0.05, 0) is 20.8 Å². The Morgan fingerprint density at radius 2 is 1.96 bits per heavy atom. The van der Waals surface area contributed by atoms with Crippen molar-refractivity contribution in [3.05, 3.63) is 11.8 Å². The summed E-state index contributed by atoms with van der Waals surface area (Å²) in [5.74, 6) is 0.925. The lowest BCUT2D eigenvalue weighted by Gasteiger charge is -2.36. The van der Waals surface area contributed by atoms with E-state index in [-0.39, 0.29) is 11.8 Å². The van der Waals surface area contributed by atoms with Gasteiger partial charge in [0, 0.05) is 44.9 Å². The number of nitrogens with one attached hydrogen (secondary N) is 1. The second kappa shape index (κ2) is 7.94. The molecule has 1 saturated heterocycles. The number of anilines is 1. The summed E-state index contributed by atoms with van der Waals surface area (Å²) < 4.78 is 5.46. The van der Waals surface area contributed by atoms with Crippen molar-refractivity contribution in [1.82, 2.24) is 20.2 Å². The van der Waals surface area contributed by atoms with E-state index in [0.29, 0.717) is 44.6 Å². The second-order valence-electron chi connectivity index (χ2n) is 5.82. The SMILES string of the molecule is CCOc1cc(C)nc(N2CCN(C(=O)C(C)NC(C)=O)CC2)n1. The molecule has 0 spiro atoms. The van der Waals surface area contributed by atoms with Gasteiger partial charge in [-0.2, -0.15) is 4.98 Å². The Bertz CT molecular complexity index is 599. The smallest absolute Gasteiger partial charge is 0.244 e. The summed E-state index contributed by atoms with van der Waals surface area (Å²) in [5, 5.41) is 2.63. The van der Waals surface area contributed by atoms with E-state index in [2.05, 4.69) is 15.3 Å². The fraction of sp³-hybridized carbons (Fsp3) is 0.625. The molecule has 2 rings (SSSR count). The summed E-state index contributed by atoms with van der Waals surface area (Å²) in [4.78, 5) is 36.1. The number of nitrogens with zero attached hydrogens (tertiary/aromatic N) is 4. The molecule has 0 aliphatic carbocycles. The van der Waals surface area contributed by atoms with Crippen LogP contribution in [0.2, 0.25) is 0 Å². The molecule has 1 aliphatic heterocycles. The molecular weight excluding hydrogens is 310 g/mol.